The lowest BCUT2D eigenvalue weighted by Gasteiger charge is -2.19. The predicted molar refractivity (Wildman–Crippen MR) is 78.3 cm³/mol. The van der Waals surface area contributed by atoms with Gasteiger partial charge in [-0.15, -0.1) is 0 Å². The Balaban J connectivity index is 2.71. The van der Waals surface area contributed by atoms with E-state index in [1.54, 1.807) is 0 Å². The Morgan fingerprint density at radius 3 is 2.50 bits per heavy atom. The van der Waals surface area contributed by atoms with Crippen LogP contribution < -0.4 is 15.2 Å². The largest absolute Gasteiger partial charge is 0.490 e. The zero-order valence-electron chi connectivity index (χ0n) is 11.0. The third-order valence-corrected chi connectivity index (χ3v) is 2.66. The summed E-state index contributed by atoms with van der Waals surface area (Å²) in [4.78, 5) is 0.480. The van der Waals surface area contributed by atoms with E-state index in [0.29, 0.717) is 18.0 Å². The predicted octanol–water partition coefficient (Wildman–Crippen LogP) is 3.31. The number of nitrogens with two attached hydrogens (primary N) is 1. The number of benzene rings is 1. The lowest BCUT2D eigenvalue weighted by Crippen LogP contribution is -2.23. The number of ether oxygens (including phenoxy) is 2. The van der Waals surface area contributed by atoms with Crippen LogP contribution in [0.2, 0.25) is 0 Å². The third kappa shape index (κ3) is 4.92. The summed E-state index contributed by atoms with van der Waals surface area (Å²) in [5, 5.41) is 0. The van der Waals surface area contributed by atoms with E-state index < -0.39 is 0 Å². The summed E-state index contributed by atoms with van der Waals surface area (Å²) < 4.78 is 11.6. The van der Waals surface area contributed by atoms with Crippen LogP contribution in [0, 0.1) is 0 Å². The van der Waals surface area contributed by atoms with Crippen LogP contribution in [0.15, 0.2) is 24.3 Å². The first-order valence-electron chi connectivity index (χ1n) is 6.34. The van der Waals surface area contributed by atoms with E-state index in [2.05, 4.69) is 13.8 Å². The van der Waals surface area contributed by atoms with Gasteiger partial charge in [0.15, 0.2) is 11.5 Å². The normalized spacial score (nSPS) is 11.9. The van der Waals surface area contributed by atoms with Gasteiger partial charge >= 0.3 is 0 Å². The van der Waals surface area contributed by atoms with Crippen molar-refractivity contribution in [3.05, 3.63) is 24.3 Å². The molecular formula is C14H21NO2S. The van der Waals surface area contributed by atoms with E-state index in [-0.39, 0.29) is 6.10 Å². The molecule has 0 heterocycles. The first kappa shape index (κ1) is 14.8. The minimum absolute atomic E-state index is 0.00822. The molecule has 0 saturated carbocycles. The molecule has 2 N–H and O–H groups in total. The lowest BCUT2D eigenvalue weighted by molar-refractivity contribution is 0.191. The Bertz CT molecular complexity index is 382. The molecule has 18 heavy (non-hydrogen) atoms. The second kappa shape index (κ2) is 7.93. The molecule has 0 amide bonds. The molecule has 0 aromatic heterocycles. The Morgan fingerprint density at radius 1 is 1.28 bits per heavy atom. The molecule has 1 atom stereocenters. The average Bonchev–Trinajstić information content (AvgIpc) is 2.36. The molecular weight excluding hydrogens is 246 g/mol. The van der Waals surface area contributed by atoms with Crippen molar-refractivity contribution in [1.82, 2.24) is 0 Å². The van der Waals surface area contributed by atoms with Crippen molar-refractivity contribution in [2.24, 2.45) is 5.73 Å². The molecule has 1 rings (SSSR count). The van der Waals surface area contributed by atoms with Crippen molar-refractivity contribution in [2.45, 2.75) is 39.2 Å². The zero-order valence-corrected chi connectivity index (χ0v) is 11.8. The summed E-state index contributed by atoms with van der Waals surface area (Å²) in [7, 11) is 0. The van der Waals surface area contributed by atoms with Crippen molar-refractivity contribution in [2.75, 3.05) is 6.61 Å². The maximum atomic E-state index is 5.91. The second-order valence-electron chi connectivity index (χ2n) is 4.11. The van der Waals surface area contributed by atoms with Crippen molar-refractivity contribution in [1.29, 1.82) is 0 Å². The maximum Gasteiger partial charge on any atom is 0.161 e. The van der Waals surface area contributed by atoms with Gasteiger partial charge < -0.3 is 15.2 Å². The number of thiocarbonyl (C=S) groups is 1. The van der Waals surface area contributed by atoms with E-state index in [0.717, 1.165) is 24.3 Å². The van der Waals surface area contributed by atoms with Gasteiger partial charge in [0.25, 0.3) is 0 Å². The summed E-state index contributed by atoms with van der Waals surface area (Å²) in [6.07, 6.45) is 2.43. The van der Waals surface area contributed by atoms with Crippen LogP contribution in [0.3, 0.4) is 0 Å². The first-order chi connectivity index (χ1) is 8.67. The molecule has 100 valence electrons. The Morgan fingerprint density at radius 2 is 1.94 bits per heavy atom. The molecule has 0 aliphatic heterocycles. The minimum atomic E-state index is 0.00822. The SMILES string of the molecule is CCCOc1ccccc1OC(CC)CC(N)=S. The van der Waals surface area contributed by atoms with Crippen LogP contribution in [-0.4, -0.2) is 17.7 Å². The number of hydrogen-bond acceptors (Lipinski definition) is 3. The Kier molecular flexibility index (Phi) is 6.50. The molecule has 0 saturated heterocycles. The van der Waals surface area contributed by atoms with Gasteiger partial charge in [0.2, 0.25) is 0 Å². The van der Waals surface area contributed by atoms with Crippen LogP contribution in [0.25, 0.3) is 0 Å². The summed E-state index contributed by atoms with van der Waals surface area (Å²) in [6.45, 7) is 4.82. The Hall–Kier alpha value is -1.29. The van der Waals surface area contributed by atoms with Gasteiger partial charge in [-0.2, -0.15) is 0 Å². The fraction of sp³-hybridized carbons (Fsp3) is 0.500. The van der Waals surface area contributed by atoms with Crippen LogP contribution in [-0.2, 0) is 0 Å². The number of rotatable bonds is 8. The molecule has 1 unspecified atom stereocenters. The van der Waals surface area contributed by atoms with Gasteiger partial charge in [-0.3, -0.25) is 0 Å². The van der Waals surface area contributed by atoms with E-state index in [9.17, 15) is 0 Å². The third-order valence-electron chi connectivity index (χ3n) is 2.49. The highest BCUT2D eigenvalue weighted by Gasteiger charge is 2.12. The lowest BCUT2D eigenvalue weighted by atomic mass is 10.2. The van der Waals surface area contributed by atoms with Gasteiger partial charge in [0.1, 0.15) is 6.10 Å². The van der Waals surface area contributed by atoms with Crippen LogP contribution in [0.4, 0.5) is 0 Å². The molecule has 1 aromatic carbocycles. The molecule has 3 nitrogen and oxygen atoms in total. The average molecular weight is 267 g/mol. The zero-order chi connectivity index (χ0) is 13.4. The molecule has 4 heteroatoms. The van der Waals surface area contributed by atoms with Crippen molar-refractivity contribution in [3.8, 4) is 11.5 Å². The highest BCUT2D eigenvalue weighted by atomic mass is 32.1. The molecule has 0 aliphatic rings. The van der Waals surface area contributed by atoms with E-state index in [1.165, 1.54) is 0 Å². The summed E-state index contributed by atoms with van der Waals surface area (Å²) in [5.74, 6) is 1.54. The summed E-state index contributed by atoms with van der Waals surface area (Å²) in [5.41, 5.74) is 5.56. The number of hydrogen-bond donors (Lipinski definition) is 1. The van der Waals surface area contributed by atoms with Crippen LogP contribution in [0.1, 0.15) is 33.1 Å². The monoisotopic (exact) mass is 267 g/mol. The first-order valence-corrected chi connectivity index (χ1v) is 6.75. The van der Waals surface area contributed by atoms with E-state index >= 15 is 0 Å². The van der Waals surface area contributed by atoms with Crippen molar-refractivity contribution in [3.63, 3.8) is 0 Å². The number of para-hydroxylation sites is 2. The topological polar surface area (TPSA) is 44.5 Å². The van der Waals surface area contributed by atoms with Crippen LogP contribution in [0.5, 0.6) is 11.5 Å². The van der Waals surface area contributed by atoms with Gasteiger partial charge in [0.05, 0.1) is 11.6 Å². The molecule has 0 spiro atoms. The highest BCUT2D eigenvalue weighted by molar-refractivity contribution is 7.80. The van der Waals surface area contributed by atoms with Gasteiger partial charge in [-0.05, 0) is 25.0 Å². The fourth-order valence-electron chi connectivity index (χ4n) is 1.55. The molecule has 0 bridgehead atoms. The van der Waals surface area contributed by atoms with Crippen molar-refractivity contribution < 1.29 is 9.47 Å². The van der Waals surface area contributed by atoms with Gasteiger partial charge in [-0.25, -0.2) is 0 Å². The Labute approximate surface area is 114 Å². The quantitative estimate of drug-likeness (QED) is 0.734. The fourth-order valence-corrected chi connectivity index (χ4v) is 1.74. The molecule has 0 radical (unpaired) electrons. The smallest absolute Gasteiger partial charge is 0.161 e. The highest BCUT2D eigenvalue weighted by Crippen LogP contribution is 2.28. The van der Waals surface area contributed by atoms with Crippen molar-refractivity contribution >= 4 is 17.2 Å². The maximum absolute atomic E-state index is 5.91. The minimum Gasteiger partial charge on any atom is -0.490 e. The molecule has 1 aromatic rings. The molecule has 0 aliphatic carbocycles. The standard InChI is InChI=1S/C14H21NO2S/c1-3-9-16-12-7-5-6-8-13(12)17-11(4-2)10-14(15)18/h5-8,11H,3-4,9-10H2,1-2H3,(H2,15,18). The van der Waals surface area contributed by atoms with Gasteiger partial charge in [-0.1, -0.05) is 38.2 Å². The second-order valence-corrected chi connectivity index (χ2v) is 4.64. The van der Waals surface area contributed by atoms with Crippen LogP contribution >= 0.6 is 12.2 Å². The van der Waals surface area contributed by atoms with E-state index in [1.807, 2.05) is 24.3 Å². The molecule has 0 fully saturated rings. The van der Waals surface area contributed by atoms with Gasteiger partial charge in [0, 0.05) is 6.42 Å². The summed E-state index contributed by atoms with van der Waals surface area (Å²) >= 11 is 4.92. The summed E-state index contributed by atoms with van der Waals surface area (Å²) in [6, 6.07) is 7.69. The van der Waals surface area contributed by atoms with E-state index in [4.69, 9.17) is 27.4 Å².